The van der Waals surface area contributed by atoms with Gasteiger partial charge in [0.2, 0.25) is 5.91 Å². The van der Waals surface area contributed by atoms with Gasteiger partial charge >= 0.3 is 0 Å². The van der Waals surface area contributed by atoms with Crippen molar-refractivity contribution < 1.29 is 9.18 Å². The number of benzene rings is 1. The second-order valence-corrected chi connectivity index (χ2v) is 5.66. The number of carbonyl (C=O) groups excluding carboxylic acids is 1. The summed E-state index contributed by atoms with van der Waals surface area (Å²) in [7, 11) is 3.27. The molecule has 1 rings (SSSR count). The highest BCUT2D eigenvalue weighted by Crippen LogP contribution is 2.12. The number of halogens is 1. The van der Waals surface area contributed by atoms with Gasteiger partial charge in [-0.05, 0) is 31.9 Å². The van der Waals surface area contributed by atoms with Crippen molar-refractivity contribution in [1.82, 2.24) is 16.0 Å². The number of nitrogens with zero attached hydrogens (tertiary/aromatic N) is 1. The van der Waals surface area contributed by atoms with Gasteiger partial charge in [0.05, 0.1) is 5.41 Å². The number of carbonyl (C=O) groups is 1. The first-order chi connectivity index (χ1) is 10.4. The fourth-order valence-electron chi connectivity index (χ4n) is 1.96. The zero-order chi connectivity index (χ0) is 16.6. The van der Waals surface area contributed by atoms with Crippen LogP contribution in [0.5, 0.6) is 0 Å². The third-order valence-corrected chi connectivity index (χ3v) is 3.41. The lowest BCUT2D eigenvalue weighted by Gasteiger charge is -2.24. The molecule has 5 nitrogen and oxygen atoms in total. The van der Waals surface area contributed by atoms with Crippen molar-refractivity contribution in [3.63, 3.8) is 0 Å². The highest BCUT2D eigenvalue weighted by Gasteiger charge is 2.26. The molecule has 0 fully saturated rings. The van der Waals surface area contributed by atoms with E-state index in [1.54, 1.807) is 26.2 Å². The molecule has 0 aromatic heterocycles. The number of guanidine groups is 1. The maximum Gasteiger partial charge on any atom is 0.227 e. The van der Waals surface area contributed by atoms with E-state index in [1.165, 1.54) is 6.07 Å². The summed E-state index contributed by atoms with van der Waals surface area (Å²) >= 11 is 0. The average molecular weight is 308 g/mol. The van der Waals surface area contributed by atoms with Gasteiger partial charge in [-0.1, -0.05) is 18.2 Å². The summed E-state index contributed by atoms with van der Waals surface area (Å²) in [6.45, 7) is 4.71. The average Bonchev–Trinajstić information content (AvgIpc) is 2.51. The lowest BCUT2D eigenvalue weighted by molar-refractivity contribution is -0.128. The lowest BCUT2D eigenvalue weighted by Crippen LogP contribution is -2.47. The van der Waals surface area contributed by atoms with Crippen molar-refractivity contribution in [3.8, 4) is 0 Å². The maximum absolute atomic E-state index is 13.5. The van der Waals surface area contributed by atoms with Crippen LogP contribution in [0.3, 0.4) is 0 Å². The molecule has 0 aliphatic heterocycles. The molecular weight excluding hydrogens is 283 g/mol. The van der Waals surface area contributed by atoms with Crippen LogP contribution in [0.2, 0.25) is 0 Å². The Hall–Kier alpha value is -2.11. The first-order valence-electron chi connectivity index (χ1n) is 7.31. The highest BCUT2D eigenvalue weighted by molar-refractivity contribution is 5.84. The van der Waals surface area contributed by atoms with E-state index in [4.69, 9.17) is 0 Å². The van der Waals surface area contributed by atoms with Crippen LogP contribution in [0.15, 0.2) is 29.3 Å². The maximum atomic E-state index is 13.5. The summed E-state index contributed by atoms with van der Waals surface area (Å²) in [5.74, 6) is 0.350. The van der Waals surface area contributed by atoms with Crippen molar-refractivity contribution >= 4 is 11.9 Å². The van der Waals surface area contributed by atoms with Gasteiger partial charge in [-0.25, -0.2) is 4.39 Å². The quantitative estimate of drug-likeness (QED) is 0.548. The Labute approximate surface area is 131 Å². The molecule has 122 valence electrons. The van der Waals surface area contributed by atoms with Gasteiger partial charge in [0.1, 0.15) is 5.82 Å². The number of nitrogens with one attached hydrogen (secondary N) is 3. The fourth-order valence-corrected chi connectivity index (χ4v) is 1.96. The molecule has 0 atom stereocenters. The Morgan fingerprint density at radius 1 is 1.27 bits per heavy atom. The van der Waals surface area contributed by atoms with Gasteiger partial charge in [0.15, 0.2) is 5.96 Å². The number of hydrogen-bond acceptors (Lipinski definition) is 2. The van der Waals surface area contributed by atoms with Crippen molar-refractivity contribution in [1.29, 1.82) is 0 Å². The van der Waals surface area contributed by atoms with Crippen LogP contribution in [-0.2, 0) is 11.2 Å². The highest BCUT2D eigenvalue weighted by atomic mass is 19.1. The van der Waals surface area contributed by atoms with E-state index in [2.05, 4.69) is 20.9 Å². The molecule has 0 heterocycles. The van der Waals surface area contributed by atoms with Crippen LogP contribution >= 0.6 is 0 Å². The molecule has 0 aliphatic carbocycles. The van der Waals surface area contributed by atoms with Crippen LogP contribution < -0.4 is 16.0 Å². The van der Waals surface area contributed by atoms with Gasteiger partial charge in [0, 0.05) is 27.2 Å². The van der Waals surface area contributed by atoms with E-state index >= 15 is 0 Å². The SMILES string of the molecule is CN=C(NCCc1ccccc1F)NCC(C)(C)C(=O)NC. The molecule has 0 bridgehead atoms. The molecule has 3 N–H and O–H groups in total. The first-order valence-corrected chi connectivity index (χ1v) is 7.31. The zero-order valence-electron chi connectivity index (χ0n) is 13.7. The molecule has 0 aliphatic rings. The number of hydrogen-bond donors (Lipinski definition) is 3. The lowest BCUT2D eigenvalue weighted by atomic mass is 9.92. The molecule has 0 unspecified atom stereocenters. The second-order valence-electron chi connectivity index (χ2n) is 5.66. The molecule has 1 aromatic rings. The van der Waals surface area contributed by atoms with Crippen LogP contribution in [0.1, 0.15) is 19.4 Å². The van der Waals surface area contributed by atoms with E-state index in [0.717, 1.165) is 0 Å². The van der Waals surface area contributed by atoms with Gasteiger partial charge in [-0.3, -0.25) is 9.79 Å². The topological polar surface area (TPSA) is 65.5 Å². The zero-order valence-corrected chi connectivity index (χ0v) is 13.7. The van der Waals surface area contributed by atoms with Crippen LogP contribution in [0.4, 0.5) is 4.39 Å². The molecule has 0 saturated heterocycles. The normalized spacial score (nSPS) is 12.0. The Bertz CT molecular complexity index is 529. The molecule has 1 aromatic carbocycles. The third-order valence-electron chi connectivity index (χ3n) is 3.41. The van der Waals surface area contributed by atoms with Crippen molar-refractivity contribution in [2.45, 2.75) is 20.3 Å². The second kappa shape index (κ2) is 8.36. The Balaban J connectivity index is 2.44. The Kier molecular flexibility index (Phi) is 6.82. The Morgan fingerprint density at radius 2 is 1.95 bits per heavy atom. The van der Waals surface area contributed by atoms with Gasteiger partial charge in [-0.15, -0.1) is 0 Å². The molecular formula is C16H25FN4O. The number of amides is 1. The van der Waals surface area contributed by atoms with Gasteiger partial charge < -0.3 is 16.0 Å². The smallest absolute Gasteiger partial charge is 0.227 e. The molecule has 6 heteroatoms. The summed E-state index contributed by atoms with van der Waals surface area (Å²) in [5.41, 5.74) is 0.119. The van der Waals surface area contributed by atoms with E-state index in [9.17, 15) is 9.18 Å². The summed E-state index contributed by atoms with van der Waals surface area (Å²) in [5, 5.41) is 8.86. The van der Waals surface area contributed by atoms with Crippen molar-refractivity contribution in [2.24, 2.45) is 10.4 Å². The minimum atomic E-state index is -0.544. The van der Waals surface area contributed by atoms with Gasteiger partial charge in [-0.2, -0.15) is 0 Å². The summed E-state index contributed by atoms with van der Waals surface area (Å²) in [6.07, 6.45) is 0.562. The molecule has 0 spiro atoms. The predicted octanol–water partition coefficient (Wildman–Crippen LogP) is 1.31. The summed E-state index contributed by atoms with van der Waals surface area (Å²) < 4.78 is 13.5. The Morgan fingerprint density at radius 3 is 2.55 bits per heavy atom. The first kappa shape index (κ1) is 17.9. The van der Waals surface area contributed by atoms with Crippen LogP contribution in [0, 0.1) is 11.2 Å². The van der Waals surface area contributed by atoms with E-state index in [1.807, 2.05) is 19.9 Å². The molecule has 1 amide bonds. The molecule has 0 radical (unpaired) electrons. The van der Waals surface area contributed by atoms with Gasteiger partial charge in [0.25, 0.3) is 0 Å². The minimum Gasteiger partial charge on any atom is -0.359 e. The van der Waals surface area contributed by atoms with Crippen LogP contribution in [0.25, 0.3) is 0 Å². The summed E-state index contributed by atoms with van der Waals surface area (Å²) in [4.78, 5) is 15.8. The predicted molar refractivity (Wildman–Crippen MR) is 87.3 cm³/mol. The molecule has 22 heavy (non-hydrogen) atoms. The van der Waals surface area contributed by atoms with E-state index in [-0.39, 0.29) is 11.7 Å². The van der Waals surface area contributed by atoms with Crippen LogP contribution in [-0.4, -0.2) is 39.1 Å². The fraction of sp³-hybridized carbons (Fsp3) is 0.500. The largest absolute Gasteiger partial charge is 0.359 e. The number of aliphatic imine (C=N–C) groups is 1. The molecule has 0 saturated carbocycles. The van der Waals surface area contributed by atoms with Crippen molar-refractivity contribution in [2.75, 3.05) is 27.2 Å². The standard InChI is InChI=1S/C16H25FN4O/c1-16(2,14(22)18-3)11-21-15(19-4)20-10-9-12-7-5-6-8-13(12)17/h5-8H,9-11H2,1-4H3,(H,18,22)(H2,19,20,21). The van der Waals surface area contributed by atoms with Crippen molar-refractivity contribution in [3.05, 3.63) is 35.6 Å². The summed E-state index contributed by atoms with van der Waals surface area (Å²) in [6, 6.07) is 6.71. The third kappa shape index (κ3) is 5.35. The number of rotatable bonds is 6. The van der Waals surface area contributed by atoms with E-state index in [0.29, 0.717) is 31.0 Å². The minimum absolute atomic E-state index is 0.0400. The monoisotopic (exact) mass is 308 g/mol. The van der Waals surface area contributed by atoms with E-state index < -0.39 is 5.41 Å².